The van der Waals surface area contributed by atoms with Crippen LogP contribution in [0.1, 0.15) is 18.4 Å². The molecule has 0 radical (unpaired) electrons. The molecule has 0 spiro atoms. The van der Waals surface area contributed by atoms with Crippen molar-refractivity contribution in [2.45, 2.75) is 25.4 Å². The standard InChI is InChI=1S/C21H27NO3.H2S/c23-19-6-8-21(9-7-19)25-16-20(24)15-22-12-10-18(11-13-22)14-17-4-2-1-3-5-17;/h1-9,18,20,23-24H,10-16H2;1H2/t20-;/m0./s1. The number of aliphatic hydroxyl groups is 1. The predicted molar refractivity (Wildman–Crippen MR) is 109 cm³/mol. The fourth-order valence-corrected chi connectivity index (χ4v) is 3.41. The van der Waals surface area contributed by atoms with Gasteiger partial charge in [0, 0.05) is 6.54 Å². The molecule has 142 valence electrons. The van der Waals surface area contributed by atoms with Gasteiger partial charge in [-0.05, 0) is 68.1 Å². The molecule has 0 aliphatic carbocycles. The monoisotopic (exact) mass is 375 g/mol. The first kappa shape index (κ1) is 20.6. The van der Waals surface area contributed by atoms with Crippen molar-refractivity contribution in [3.8, 4) is 11.5 Å². The average molecular weight is 376 g/mol. The topological polar surface area (TPSA) is 52.9 Å². The lowest BCUT2D eigenvalue weighted by Crippen LogP contribution is -2.41. The Morgan fingerprint density at radius 2 is 1.65 bits per heavy atom. The number of rotatable bonds is 7. The fourth-order valence-electron chi connectivity index (χ4n) is 3.41. The highest BCUT2D eigenvalue weighted by molar-refractivity contribution is 7.59. The number of ether oxygens (including phenoxy) is 1. The Hall–Kier alpha value is -1.69. The molecule has 1 aliphatic rings. The molecular weight excluding hydrogens is 346 g/mol. The first-order chi connectivity index (χ1) is 12.2. The molecule has 2 N–H and O–H groups in total. The second-order valence-electron chi connectivity index (χ2n) is 6.89. The van der Waals surface area contributed by atoms with E-state index >= 15 is 0 Å². The Morgan fingerprint density at radius 1 is 1.00 bits per heavy atom. The van der Waals surface area contributed by atoms with Gasteiger partial charge in [0.2, 0.25) is 0 Å². The van der Waals surface area contributed by atoms with Crippen molar-refractivity contribution in [1.82, 2.24) is 4.90 Å². The SMILES string of the molecule is Oc1ccc(OC[C@@H](O)CN2CCC(Cc3ccccc3)CC2)cc1.S. The Balaban J connectivity index is 0.00000243. The maximum absolute atomic E-state index is 10.2. The molecule has 0 unspecified atom stereocenters. The van der Waals surface area contributed by atoms with Crippen molar-refractivity contribution in [2.24, 2.45) is 5.92 Å². The van der Waals surface area contributed by atoms with Gasteiger partial charge in [-0.15, -0.1) is 0 Å². The molecule has 1 fully saturated rings. The summed E-state index contributed by atoms with van der Waals surface area (Å²) in [6, 6.07) is 17.3. The molecule has 4 nitrogen and oxygen atoms in total. The number of nitrogens with zero attached hydrogens (tertiary/aromatic N) is 1. The minimum Gasteiger partial charge on any atom is -0.508 e. The van der Waals surface area contributed by atoms with Crippen LogP contribution in [0.5, 0.6) is 11.5 Å². The van der Waals surface area contributed by atoms with Crippen LogP contribution in [0.15, 0.2) is 54.6 Å². The van der Waals surface area contributed by atoms with E-state index in [0.29, 0.717) is 12.3 Å². The molecule has 2 aromatic carbocycles. The Kier molecular flexibility index (Phi) is 8.29. The van der Waals surface area contributed by atoms with E-state index in [1.165, 1.54) is 18.4 Å². The lowest BCUT2D eigenvalue weighted by molar-refractivity contribution is 0.0550. The third-order valence-electron chi connectivity index (χ3n) is 4.82. The van der Waals surface area contributed by atoms with Crippen LogP contribution >= 0.6 is 13.5 Å². The second kappa shape index (κ2) is 10.5. The third-order valence-corrected chi connectivity index (χ3v) is 4.82. The maximum atomic E-state index is 10.2. The van der Waals surface area contributed by atoms with Crippen LogP contribution in [-0.2, 0) is 6.42 Å². The summed E-state index contributed by atoms with van der Waals surface area (Å²) in [7, 11) is 0. The summed E-state index contributed by atoms with van der Waals surface area (Å²) in [4.78, 5) is 2.33. The average Bonchev–Trinajstić information content (AvgIpc) is 2.64. The van der Waals surface area contributed by atoms with Gasteiger partial charge < -0.3 is 19.8 Å². The van der Waals surface area contributed by atoms with E-state index in [1.54, 1.807) is 24.3 Å². The highest BCUT2D eigenvalue weighted by Gasteiger charge is 2.21. The van der Waals surface area contributed by atoms with Crippen molar-refractivity contribution < 1.29 is 14.9 Å². The molecule has 3 rings (SSSR count). The number of hydrogen-bond donors (Lipinski definition) is 2. The summed E-state index contributed by atoms with van der Waals surface area (Å²) < 4.78 is 5.58. The van der Waals surface area contributed by atoms with Crippen molar-refractivity contribution in [2.75, 3.05) is 26.2 Å². The van der Waals surface area contributed by atoms with Crippen LogP contribution in [0.4, 0.5) is 0 Å². The molecule has 1 heterocycles. The number of β-amino-alcohol motifs (C(OH)–C–C–N with tert-alkyl or cyclic N) is 1. The number of aromatic hydroxyl groups is 1. The van der Waals surface area contributed by atoms with Crippen LogP contribution < -0.4 is 4.74 Å². The number of aliphatic hydroxyl groups excluding tert-OH is 1. The lowest BCUT2D eigenvalue weighted by atomic mass is 9.90. The van der Waals surface area contributed by atoms with E-state index in [9.17, 15) is 10.2 Å². The predicted octanol–water partition coefficient (Wildman–Crippen LogP) is 3.20. The van der Waals surface area contributed by atoms with E-state index in [-0.39, 0.29) is 25.9 Å². The molecule has 1 aliphatic heterocycles. The van der Waals surface area contributed by atoms with E-state index in [2.05, 4.69) is 35.2 Å². The smallest absolute Gasteiger partial charge is 0.119 e. The Labute approximate surface area is 162 Å². The summed E-state index contributed by atoms with van der Waals surface area (Å²) in [5, 5.41) is 19.5. The first-order valence-corrected chi connectivity index (χ1v) is 9.05. The van der Waals surface area contributed by atoms with Gasteiger partial charge in [-0.3, -0.25) is 0 Å². The summed E-state index contributed by atoms with van der Waals surface area (Å²) in [6.45, 7) is 2.99. The van der Waals surface area contributed by atoms with Gasteiger partial charge in [0.15, 0.2) is 0 Å². The van der Waals surface area contributed by atoms with Gasteiger partial charge in [-0.1, -0.05) is 30.3 Å². The molecule has 26 heavy (non-hydrogen) atoms. The Bertz CT molecular complexity index is 627. The van der Waals surface area contributed by atoms with Crippen LogP contribution in [-0.4, -0.2) is 47.5 Å². The minimum absolute atomic E-state index is 0. The number of likely N-dealkylation sites (tertiary alicyclic amines) is 1. The highest BCUT2D eigenvalue weighted by atomic mass is 32.1. The van der Waals surface area contributed by atoms with Crippen LogP contribution in [0.2, 0.25) is 0 Å². The van der Waals surface area contributed by atoms with Crippen LogP contribution in [0, 0.1) is 5.92 Å². The van der Waals surface area contributed by atoms with Crippen molar-refractivity contribution in [3.63, 3.8) is 0 Å². The third kappa shape index (κ3) is 6.56. The van der Waals surface area contributed by atoms with Gasteiger partial charge >= 0.3 is 0 Å². The molecule has 5 heteroatoms. The molecule has 1 saturated heterocycles. The quantitative estimate of drug-likeness (QED) is 0.780. The zero-order valence-electron chi connectivity index (χ0n) is 15.1. The van der Waals surface area contributed by atoms with E-state index in [1.807, 2.05) is 0 Å². The summed E-state index contributed by atoms with van der Waals surface area (Å²) in [5.74, 6) is 1.62. The zero-order chi connectivity index (χ0) is 17.5. The second-order valence-corrected chi connectivity index (χ2v) is 6.89. The van der Waals surface area contributed by atoms with Crippen molar-refractivity contribution in [1.29, 1.82) is 0 Å². The van der Waals surface area contributed by atoms with Gasteiger partial charge in [0.05, 0.1) is 0 Å². The number of hydrogen-bond acceptors (Lipinski definition) is 4. The maximum Gasteiger partial charge on any atom is 0.119 e. The normalized spacial score (nSPS) is 16.7. The number of benzene rings is 2. The van der Waals surface area contributed by atoms with Crippen molar-refractivity contribution >= 4 is 13.5 Å². The van der Waals surface area contributed by atoms with Crippen molar-refractivity contribution in [3.05, 3.63) is 60.2 Å². The summed E-state index contributed by atoms with van der Waals surface area (Å²) in [5.41, 5.74) is 1.42. The number of piperidine rings is 1. The first-order valence-electron chi connectivity index (χ1n) is 9.05. The zero-order valence-corrected chi connectivity index (χ0v) is 16.1. The molecule has 0 bridgehead atoms. The molecule has 0 saturated carbocycles. The van der Waals surface area contributed by atoms with Gasteiger partial charge in [-0.25, -0.2) is 0 Å². The Morgan fingerprint density at radius 3 is 2.31 bits per heavy atom. The van der Waals surface area contributed by atoms with Crippen LogP contribution in [0.25, 0.3) is 0 Å². The fraction of sp³-hybridized carbons (Fsp3) is 0.429. The molecule has 0 aromatic heterocycles. The number of phenols is 1. The lowest BCUT2D eigenvalue weighted by Gasteiger charge is -2.33. The van der Waals surface area contributed by atoms with Gasteiger partial charge in [-0.2, -0.15) is 13.5 Å². The molecular formula is C21H29NO3S. The van der Waals surface area contributed by atoms with E-state index < -0.39 is 6.10 Å². The summed E-state index contributed by atoms with van der Waals surface area (Å²) in [6.07, 6.45) is 3.02. The minimum atomic E-state index is -0.500. The molecule has 1 atom stereocenters. The number of phenolic OH excluding ortho intramolecular Hbond substituents is 1. The van der Waals surface area contributed by atoms with Crippen LogP contribution in [0.3, 0.4) is 0 Å². The highest BCUT2D eigenvalue weighted by Crippen LogP contribution is 2.22. The van der Waals surface area contributed by atoms with E-state index in [0.717, 1.165) is 25.4 Å². The molecule has 2 aromatic rings. The van der Waals surface area contributed by atoms with Gasteiger partial charge in [0.1, 0.15) is 24.2 Å². The van der Waals surface area contributed by atoms with Gasteiger partial charge in [0.25, 0.3) is 0 Å². The molecule has 0 amide bonds. The summed E-state index contributed by atoms with van der Waals surface area (Å²) >= 11 is 0. The van der Waals surface area contributed by atoms with E-state index in [4.69, 9.17) is 4.74 Å². The largest absolute Gasteiger partial charge is 0.508 e.